The van der Waals surface area contributed by atoms with E-state index in [-0.39, 0.29) is 5.56 Å². The van der Waals surface area contributed by atoms with Gasteiger partial charge in [-0.25, -0.2) is 8.78 Å². The van der Waals surface area contributed by atoms with Crippen molar-refractivity contribution in [2.75, 3.05) is 14.1 Å². The quantitative estimate of drug-likeness (QED) is 0.876. The maximum atomic E-state index is 13.2. The largest absolute Gasteiger partial charge is 0.386 e. The zero-order valence-corrected chi connectivity index (χ0v) is 11.4. The Morgan fingerprint density at radius 2 is 1.56 bits per heavy atom. The lowest BCUT2D eigenvalue weighted by Crippen LogP contribution is -2.48. The Morgan fingerprint density at radius 1 is 1.11 bits per heavy atom. The van der Waals surface area contributed by atoms with Crippen molar-refractivity contribution in [1.29, 1.82) is 0 Å². The van der Waals surface area contributed by atoms with Crippen LogP contribution < -0.4 is 0 Å². The minimum absolute atomic E-state index is 0.282. The van der Waals surface area contributed by atoms with E-state index in [1.807, 2.05) is 32.8 Å². The summed E-state index contributed by atoms with van der Waals surface area (Å²) in [6.45, 7) is 3.92. The zero-order valence-electron chi connectivity index (χ0n) is 11.4. The maximum absolute atomic E-state index is 13.2. The van der Waals surface area contributed by atoms with Crippen LogP contribution in [0.15, 0.2) is 18.2 Å². The Kier molecular flexibility index (Phi) is 4.82. The predicted octanol–water partition coefficient (Wildman–Crippen LogP) is 3.12. The summed E-state index contributed by atoms with van der Waals surface area (Å²) >= 11 is 0. The highest BCUT2D eigenvalue weighted by Gasteiger charge is 2.38. The first-order chi connectivity index (χ1) is 8.37. The van der Waals surface area contributed by atoms with E-state index in [0.717, 1.165) is 6.07 Å². The summed E-state index contributed by atoms with van der Waals surface area (Å²) in [4.78, 5) is 1.92. The average Bonchev–Trinajstić information content (AvgIpc) is 2.29. The third-order valence-electron chi connectivity index (χ3n) is 3.82. The van der Waals surface area contributed by atoms with Crippen molar-refractivity contribution in [2.24, 2.45) is 0 Å². The van der Waals surface area contributed by atoms with Crippen molar-refractivity contribution in [3.63, 3.8) is 0 Å². The van der Waals surface area contributed by atoms with Gasteiger partial charge >= 0.3 is 0 Å². The van der Waals surface area contributed by atoms with Gasteiger partial charge in [0.15, 0.2) is 0 Å². The van der Waals surface area contributed by atoms with Crippen LogP contribution in [0.25, 0.3) is 0 Å². The van der Waals surface area contributed by atoms with Crippen LogP contribution in [0.4, 0.5) is 8.78 Å². The molecule has 1 aromatic rings. The van der Waals surface area contributed by atoms with Crippen LogP contribution in [0.1, 0.15) is 38.4 Å². The topological polar surface area (TPSA) is 23.5 Å². The fourth-order valence-electron chi connectivity index (χ4n) is 2.56. The monoisotopic (exact) mass is 257 g/mol. The lowest BCUT2D eigenvalue weighted by Gasteiger charge is -2.42. The number of halogens is 2. The van der Waals surface area contributed by atoms with E-state index in [9.17, 15) is 13.9 Å². The van der Waals surface area contributed by atoms with Crippen molar-refractivity contribution < 1.29 is 13.9 Å². The first-order valence-corrected chi connectivity index (χ1v) is 6.18. The van der Waals surface area contributed by atoms with Gasteiger partial charge < -0.3 is 10.0 Å². The van der Waals surface area contributed by atoms with E-state index >= 15 is 0 Å². The lowest BCUT2D eigenvalue weighted by atomic mass is 9.81. The van der Waals surface area contributed by atoms with Gasteiger partial charge in [0.05, 0.1) is 6.10 Å². The molecule has 0 fully saturated rings. The third-order valence-corrected chi connectivity index (χ3v) is 3.82. The molecule has 102 valence electrons. The summed E-state index contributed by atoms with van der Waals surface area (Å²) in [6, 6.07) is 3.19. The summed E-state index contributed by atoms with van der Waals surface area (Å²) in [6.07, 6.45) is 0.457. The molecule has 18 heavy (non-hydrogen) atoms. The minimum Gasteiger partial charge on any atom is -0.386 e. The van der Waals surface area contributed by atoms with E-state index in [1.165, 1.54) is 12.1 Å². The summed E-state index contributed by atoms with van der Waals surface area (Å²) in [5.74, 6) is -1.33. The number of aliphatic hydroxyl groups excluding tert-OH is 1. The van der Waals surface area contributed by atoms with E-state index in [0.29, 0.717) is 12.8 Å². The molecule has 0 aromatic heterocycles. The van der Waals surface area contributed by atoms with Gasteiger partial charge in [0.25, 0.3) is 0 Å². The fraction of sp³-hybridized carbons (Fsp3) is 0.571. The number of rotatable bonds is 5. The molecule has 0 aliphatic carbocycles. The molecule has 2 nitrogen and oxygen atoms in total. The highest BCUT2D eigenvalue weighted by atomic mass is 19.1. The number of benzene rings is 1. The van der Waals surface area contributed by atoms with Crippen molar-refractivity contribution in [2.45, 2.75) is 38.3 Å². The number of hydrogen-bond donors (Lipinski definition) is 1. The van der Waals surface area contributed by atoms with Crippen molar-refractivity contribution in [3.8, 4) is 0 Å². The van der Waals surface area contributed by atoms with Gasteiger partial charge in [-0.1, -0.05) is 13.8 Å². The summed E-state index contributed by atoms with van der Waals surface area (Å²) in [5.41, 5.74) is -0.231. The van der Waals surface area contributed by atoms with Gasteiger partial charge in [-0.05, 0) is 44.6 Å². The first kappa shape index (κ1) is 15.1. The normalized spacial score (nSPS) is 14.0. The van der Waals surface area contributed by atoms with Gasteiger partial charge in [-0.15, -0.1) is 0 Å². The molecule has 0 aliphatic rings. The third kappa shape index (κ3) is 2.70. The van der Waals surface area contributed by atoms with E-state index in [2.05, 4.69) is 0 Å². The van der Waals surface area contributed by atoms with Crippen LogP contribution >= 0.6 is 0 Å². The second-order valence-corrected chi connectivity index (χ2v) is 4.81. The predicted molar refractivity (Wildman–Crippen MR) is 68.3 cm³/mol. The van der Waals surface area contributed by atoms with Crippen LogP contribution in [0.5, 0.6) is 0 Å². The van der Waals surface area contributed by atoms with Crippen LogP contribution in [0, 0.1) is 11.6 Å². The molecule has 0 spiro atoms. The fourth-order valence-corrected chi connectivity index (χ4v) is 2.56. The summed E-state index contributed by atoms with van der Waals surface area (Å²) in [5, 5.41) is 10.5. The molecule has 0 saturated carbocycles. The molecule has 0 bridgehead atoms. The highest BCUT2D eigenvalue weighted by molar-refractivity contribution is 5.23. The van der Waals surface area contributed by atoms with Crippen LogP contribution in [0.2, 0.25) is 0 Å². The molecule has 0 amide bonds. The van der Waals surface area contributed by atoms with E-state index in [1.54, 1.807) is 0 Å². The van der Waals surface area contributed by atoms with E-state index in [4.69, 9.17) is 0 Å². The number of nitrogens with zero attached hydrogens (tertiary/aromatic N) is 1. The molecule has 1 N–H and O–H groups in total. The average molecular weight is 257 g/mol. The Bertz CT molecular complexity index is 383. The molecule has 1 rings (SSSR count). The molecule has 0 aliphatic heterocycles. The molecule has 4 heteroatoms. The van der Waals surface area contributed by atoms with Gasteiger partial charge in [-0.2, -0.15) is 0 Å². The standard InChI is InChI=1S/C14H21F2NO/c1-5-14(6-2,17(3)4)13(18)10-7-11(15)9-12(16)8-10/h7-9,13,18H,5-6H2,1-4H3. The maximum Gasteiger partial charge on any atom is 0.126 e. The number of hydrogen-bond acceptors (Lipinski definition) is 2. The van der Waals surface area contributed by atoms with Gasteiger partial charge in [0.2, 0.25) is 0 Å². The highest BCUT2D eigenvalue weighted by Crippen LogP contribution is 2.36. The number of likely N-dealkylation sites (N-methyl/N-ethyl adjacent to an activating group) is 1. The Labute approximate surface area is 107 Å². The first-order valence-electron chi connectivity index (χ1n) is 6.18. The molecule has 0 saturated heterocycles. The van der Waals surface area contributed by atoms with Gasteiger partial charge in [0.1, 0.15) is 11.6 Å². The van der Waals surface area contributed by atoms with E-state index < -0.39 is 23.3 Å². The van der Waals surface area contributed by atoms with Gasteiger partial charge in [0, 0.05) is 11.6 Å². The lowest BCUT2D eigenvalue weighted by molar-refractivity contribution is -0.0152. The number of aliphatic hydroxyl groups is 1. The molecule has 0 heterocycles. The molecular weight excluding hydrogens is 236 g/mol. The second kappa shape index (κ2) is 5.76. The van der Waals surface area contributed by atoms with Crippen molar-refractivity contribution in [1.82, 2.24) is 4.90 Å². The van der Waals surface area contributed by atoms with Crippen molar-refractivity contribution in [3.05, 3.63) is 35.4 Å². The van der Waals surface area contributed by atoms with Crippen LogP contribution in [-0.2, 0) is 0 Å². The molecule has 1 aromatic carbocycles. The molecule has 1 unspecified atom stereocenters. The second-order valence-electron chi connectivity index (χ2n) is 4.81. The minimum atomic E-state index is -0.923. The Balaban J connectivity index is 3.21. The zero-order chi connectivity index (χ0) is 13.9. The molecule has 0 radical (unpaired) electrons. The van der Waals surface area contributed by atoms with Crippen molar-refractivity contribution >= 4 is 0 Å². The summed E-state index contributed by atoms with van der Waals surface area (Å²) in [7, 11) is 3.73. The Morgan fingerprint density at radius 3 is 1.89 bits per heavy atom. The summed E-state index contributed by atoms with van der Waals surface area (Å²) < 4.78 is 26.4. The van der Waals surface area contributed by atoms with Crippen LogP contribution in [0.3, 0.4) is 0 Å². The molecule has 1 atom stereocenters. The Hall–Kier alpha value is -1.00. The van der Waals surface area contributed by atoms with Gasteiger partial charge in [-0.3, -0.25) is 0 Å². The van der Waals surface area contributed by atoms with Crippen LogP contribution in [-0.4, -0.2) is 29.6 Å². The SMILES string of the molecule is CCC(CC)(C(O)c1cc(F)cc(F)c1)N(C)C. The smallest absolute Gasteiger partial charge is 0.126 e. The molecular formula is C14H21F2NO.